The predicted molar refractivity (Wildman–Crippen MR) is 91.4 cm³/mol. The summed E-state index contributed by atoms with van der Waals surface area (Å²) in [5, 5.41) is 9.22. The highest BCUT2D eigenvalue weighted by Gasteiger charge is 2.11. The van der Waals surface area contributed by atoms with Crippen molar-refractivity contribution in [2.24, 2.45) is 0 Å². The lowest BCUT2D eigenvalue weighted by atomic mass is 10.1. The Morgan fingerprint density at radius 3 is 2.96 bits per heavy atom. The number of aromatic nitrogens is 3. The van der Waals surface area contributed by atoms with Crippen molar-refractivity contribution in [2.45, 2.75) is 6.54 Å². The molecule has 0 aliphatic rings. The molecule has 0 aliphatic heterocycles. The number of anilines is 1. The number of nitrogens with one attached hydrogen (secondary N) is 2. The van der Waals surface area contributed by atoms with E-state index in [1.165, 1.54) is 0 Å². The Bertz CT molecular complexity index is 1060. The summed E-state index contributed by atoms with van der Waals surface area (Å²) in [7, 11) is 0. The van der Waals surface area contributed by atoms with Crippen LogP contribution in [0.3, 0.4) is 0 Å². The number of nitrogens with zero attached hydrogens (tertiary/aromatic N) is 2. The maximum absolute atomic E-state index is 12.2. The van der Waals surface area contributed by atoms with Crippen LogP contribution in [0, 0.1) is 0 Å². The van der Waals surface area contributed by atoms with Crippen LogP contribution in [-0.2, 0) is 6.54 Å². The maximum Gasteiger partial charge on any atom is 0.258 e. The summed E-state index contributed by atoms with van der Waals surface area (Å²) < 4.78 is 5.99. The number of benzene rings is 1. The van der Waals surface area contributed by atoms with Crippen molar-refractivity contribution in [3.8, 4) is 0 Å². The number of fused-ring (bicyclic) bond motifs is 3. The lowest BCUT2D eigenvalue weighted by Gasteiger charge is -2.10. The molecule has 0 saturated carbocycles. The molecule has 0 fully saturated rings. The van der Waals surface area contributed by atoms with E-state index in [9.17, 15) is 4.79 Å². The van der Waals surface area contributed by atoms with Gasteiger partial charge < -0.3 is 14.8 Å². The Labute approximate surface area is 138 Å². The minimum atomic E-state index is -0.153. The standard InChI is InChI=1S/C16H11BrN4O2/c17-9-1-2-11-12(7-9)14-13(4-5-18-16(14)22)21-15(11)19-8-10-3-6-20-23-10/h1-7H,8H2,(H,18,22)(H,19,21). The van der Waals surface area contributed by atoms with Gasteiger partial charge in [0.2, 0.25) is 0 Å². The number of H-pyrrole nitrogens is 1. The molecule has 0 radical (unpaired) electrons. The zero-order valence-electron chi connectivity index (χ0n) is 11.8. The van der Waals surface area contributed by atoms with Crippen molar-refractivity contribution in [3.05, 3.63) is 63.3 Å². The normalized spacial score (nSPS) is 11.2. The number of aromatic amines is 1. The fourth-order valence-electron chi connectivity index (χ4n) is 2.57. The first-order valence-corrected chi connectivity index (χ1v) is 7.76. The Balaban J connectivity index is 1.94. The molecule has 4 aromatic rings. The highest BCUT2D eigenvalue weighted by Crippen LogP contribution is 2.30. The van der Waals surface area contributed by atoms with Gasteiger partial charge in [-0.3, -0.25) is 4.79 Å². The fraction of sp³-hybridized carbons (Fsp3) is 0.0625. The molecule has 0 amide bonds. The van der Waals surface area contributed by atoms with Crippen LogP contribution in [-0.4, -0.2) is 15.1 Å². The second kappa shape index (κ2) is 5.51. The highest BCUT2D eigenvalue weighted by atomic mass is 79.9. The van der Waals surface area contributed by atoms with E-state index >= 15 is 0 Å². The molecule has 1 aromatic carbocycles. The third-order valence-electron chi connectivity index (χ3n) is 3.60. The van der Waals surface area contributed by atoms with E-state index in [1.807, 2.05) is 18.2 Å². The molecule has 4 rings (SSSR count). The summed E-state index contributed by atoms with van der Waals surface area (Å²) in [5.41, 5.74) is 0.485. The average molecular weight is 371 g/mol. The molecule has 0 saturated heterocycles. The lowest BCUT2D eigenvalue weighted by molar-refractivity contribution is 0.388. The summed E-state index contributed by atoms with van der Waals surface area (Å²) in [6.45, 7) is 0.465. The molecule has 0 spiro atoms. The van der Waals surface area contributed by atoms with Crippen LogP contribution < -0.4 is 10.9 Å². The van der Waals surface area contributed by atoms with E-state index in [2.05, 4.69) is 36.4 Å². The Kier molecular flexibility index (Phi) is 3.34. The second-order valence-electron chi connectivity index (χ2n) is 5.05. The Hall–Kier alpha value is -2.67. The van der Waals surface area contributed by atoms with Crippen LogP contribution in [0.15, 0.2) is 56.5 Å². The van der Waals surface area contributed by atoms with Crippen molar-refractivity contribution in [2.75, 3.05) is 5.32 Å². The van der Waals surface area contributed by atoms with E-state index < -0.39 is 0 Å². The number of pyridine rings is 2. The molecular weight excluding hydrogens is 360 g/mol. The van der Waals surface area contributed by atoms with Gasteiger partial charge in [0.05, 0.1) is 23.6 Å². The van der Waals surface area contributed by atoms with Gasteiger partial charge in [-0.2, -0.15) is 0 Å². The number of rotatable bonds is 3. The van der Waals surface area contributed by atoms with Crippen LogP contribution >= 0.6 is 15.9 Å². The first-order chi connectivity index (χ1) is 11.2. The summed E-state index contributed by atoms with van der Waals surface area (Å²) in [5.74, 6) is 1.41. The minimum Gasteiger partial charge on any atom is -0.362 e. The molecular formula is C16H11BrN4O2. The average Bonchev–Trinajstić information content (AvgIpc) is 3.05. The van der Waals surface area contributed by atoms with Gasteiger partial charge in [-0.1, -0.05) is 21.1 Å². The lowest BCUT2D eigenvalue weighted by Crippen LogP contribution is -2.08. The van der Waals surface area contributed by atoms with E-state index in [4.69, 9.17) is 4.52 Å². The van der Waals surface area contributed by atoms with E-state index in [-0.39, 0.29) is 5.56 Å². The van der Waals surface area contributed by atoms with Crippen molar-refractivity contribution in [1.29, 1.82) is 0 Å². The van der Waals surface area contributed by atoms with Gasteiger partial charge in [0.25, 0.3) is 5.56 Å². The molecule has 0 aliphatic carbocycles. The molecule has 3 aromatic heterocycles. The summed E-state index contributed by atoms with van der Waals surface area (Å²) in [6.07, 6.45) is 3.20. The highest BCUT2D eigenvalue weighted by molar-refractivity contribution is 9.10. The quantitative estimate of drug-likeness (QED) is 0.539. The molecule has 114 valence electrons. The maximum atomic E-state index is 12.2. The molecule has 2 N–H and O–H groups in total. The zero-order valence-corrected chi connectivity index (χ0v) is 13.4. The van der Waals surface area contributed by atoms with E-state index in [0.29, 0.717) is 29.0 Å². The first kappa shape index (κ1) is 14.0. The zero-order chi connectivity index (χ0) is 15.8. The van der Waals surface area contributed by atoms with Crippen LogP contribution in [0.4, 0.5) is 5.82 Å². The van der Waals surface area contributed by atoms with Crippen LogP contribution in [0.25, 0.3) is 21.7 Å². The third kappa shape index (κ3) is 2.49. The van der Waals surface area contributed by atoms with Gasteiger partial charge in [0.15, 0.2) is 5.76 Å². The summed E-state index contributed by atoms with van der Waals surface area (Å²) >= 11 is 3.46. The molecule has 6 nitrogen and oxygen atoms in total. The second-order valence-corrected chi connectivity index (χ2v) is 5.97. The number of hydrogen-bond donors (Lipinski definition) is 2. The monoisotopic (exact) mass is 370 g/mol. The largest absolute Gasteiger partial charge is 0.362 e. The summed E-state index contributed by atoms with van der Waals surface area (Å²) in [4.78, 5) is 19.5. The van der Waals surface area contributed by atoms with Gasteiger partial charge in [0.1, 0.15) is 5.82 Å². The van der Waals surface area contributed by atoms with Gasteiger partial charge in [-0.25, -0.2) is 4.98 Å². The van der Waals surface area contributed by atoms with Crippen molar-refractivity contribution in [1.82, 2.24) is 15.1 Å². The van der Waals surface area contributed by atoms with E-state index in [1.54, 1.807) is 24.5 Å². The van der Waals surface area contributed by atoms with Gasteiger partial charge in [-0.15, -0.1) is 0 Å². The van der Waals surface area contributed by atoms with Crippen LogP contribution in [0.5, 0.6) is 0 Å². The van der Waals surface area contributed by atoms with Gasteiger partial charge in [-0.05, 0) is 24.3 Å². The molecule has 0 atom stereocenters. The Morgan fingerprint density at radius 1 is 1.22 bits per heavy atom. The number of hydrogen-bond acceptors (Lipinski definition) is 5. The molecule has 3 heterocycles. The minimum absolute atomic E-state index is 0.153. The van der Waals surface area contributed by atoms with Crippen molar-refractivity contribution >= 4 is 43.4 Å². The molecule has 7 heteroatoms. The number of halogens is 1. The molecule has 0 unspecified atom stereocenters. The Morgan fingerprint density at radius 2 is 2.13 bits per heavy atom. The van der Waals surface area contributed by atoms with E-state index in [0.717, 1.165) is 15.2 Å². The molecule has 23 heavy (non-hydrogen) atoms. The smallest absolute Gasteiger partial charge is 0.258 e. The molecule has 0 bridgehead atoms. The van der Waals surface area contributed by atoms with Gasteiger partial charge >= 0.3 is 0 Å². The fourth-order valence-corrected chi connectivity index (χ4v) is 2.93. The van der Waals surface area contributed by atoms with Crippen LogP contribution in [0.2, 0.25) is 0 Å². The van der Waals surface area contributed by atoms with Crippen molar-refractivity contribution < 1.29 is 4.52 Å². The SMILES string of the molecule is O=c1[nH]ccc2nc(NCc3ccno3)c3ccc(Br)cc3c12. The van der Waals surface area contributed by atoms with Crippen LogP contribution in [0.1, 0.15) is 5.76 Å². The van der Waals surface area contributed by atoms with Crippen molar-refractivity contribution in [3.63, 3.8) is 0 Å². The van der Waals surface area contributed by atoms with Gasteiger partial charge in [0, 0.05) is 27.5 Å². The topological polar surface area (TPSA) is 83.8 Å². The predicted octanol–water partition coefficient (Wildman–Crippen LogP) is 3.44. The first-order valence-electron chi connectivity index (χ1n) is 6.96. The third-order valence-corrected chi connectivity index (χ3v) is 4.09. The summed E-state index contributed by atoms with van der Waals surface area (Å²) in [6, 6.07) is 9.36.